The molecule has 0 aliphatic carbocycles. The Kier molecular flexibility index (Phi) is 3.10. The molecule has 0 atom stereocenters. The van der Waals surface area contributed by atoms with Crippen molar-refractivity contribution >= 4 is 10.0 Å². The minimum atomic E-state index is -3.36. The summed E-state index contributed by atoms with van der Waals surface area (Å²) in [5.74, 6) is 5.33. The van der Waals surface area contributed by atoms with Crippen LogP contribution in [0.25, 0.3) is 0 Å². The number of hydrogen-bond acceptors (Lipinski definition) is 4. The van der Waals surface area contributed by atoms with Crippen LogP contribution < -0.4 is 10.7 Å². The van der Waals surface area contributed by atoms with E-state index in [0.717, 1.165) is 4.31 Å². The van der Waals surface area contributed by atoms with E-state index in [9.17, 15) is 8.42 Å². The van der Waals surface area contributed by atoms with E-state index >= 15 is 0 Å². The Labute approximate surface area is 83.1 Å². The summed E-state index contributed by atoms with van der Waals surface area (Å²) in [6, 6.07) is 5.88. The van der Waals surface area contributed by atoms with Crippen LogP contribution >= 0.6 is 0 Å². The van der Waals surface area contributed by atoms with Crippen molar-refractivity contribution in [2.24, 2.45) is 5.90 Å². The van der Waals surface area contributed by atoms with Gasteiger partial charge in [0, 0.05) is 14.1 Å². The van der Waals surface area contributed by atoms with Crippen molar-refractivity contribution in [3.05, 3.63) is 24.3 Å². The summed E-state index contributed by atoms with van der Waals surface area (Å²) in [6.07, 6.45) is 0. The molecule has 0 aromatic heterocycles. The Morgan fingerprint density at radius 2 is 1.71 bits per heavy atom. The van der Waals surface area contributed by atoms with Crippen LogP contribution in [0.5, 0.6) is 5.75 Å². The van der Waals surface area contributed by atoms with Gasteiger partial charge in [-0.05, 0) is 24.3 Å². The van der Waals surface area contributed by atoms with Gasteiger partial charge in [-0.2, -0.15) is 5.90 Å². The van der Waals surface area contributed by atoms with Crippen molar-refractivity contribution in [2.75, 3.05) is 14.1 Å². The smallest absolute Gasteiger partial charge is 0.242 e. The maximum atomic E-state index is 11.6. The molecule has 0 aliphatic rings. The van der Waals surface area contributed by atoms with Crippen LogP contribution in [0.1, 0.15) is 0 Å². The Balaban J connectivity index is 3.10. The zero-order valence-corrected chi connectivity index (χ0v) is 8.78. The first-order valence-corrected chi connectivity index (χ1v) is 5.32. The number of benzene rings is 1. The van der Waals surface area contributed by atoms with Crippen molar-refractivity contribution < 1.29 is 13.3 Å². The fourth-order valence-electron chi connectivity index (χ4n) is 0.901. The number of nitrogens with zero attached hydrogens (tertiary/aromatic N) is 1. The summed E-state index contributed by atoms with van der Waals surface area (Å²) < 4.78 is 24.3. The Bertz CT molecular complexity index is 397. The molecule has 1 aromatic rings. The third-order valence-electron chi connectivity index (χ3n) is 1.74. The SMILES string of the molecule is CN(C)S(=O)(=O)c1ccc(ON)cc1. The van der Waals surface area contributed by atoms with Gasteiger partial charge < -0.3 is 4.84 Å². The molecule has 0 bridgehead atoms. The number of sulfonamides is 1. The maximum Gasteiger partial charge on any atom is 0.242 e. The second-order valence-electron chi connectivity index (χ2n) is 2.88. The van der Waals surface area contributed by atoms with Crippen LogP contribution in [0.4, 0.5) is 0 Å². The standard InChI is InChI=1S/C8H12N2O3S/c1-10(2)14(11,12)8-5-3-7(13-9)4-6-8/h3-6H,9H2,1-2H3. The molecule has 0 saturated carbocycles. The van der Waals surface area contributed by atoms with Crippen LogP contribution in [0, 0.1) is 0 Å². The van der Waals surface area contributed by atoms with Crippen LogP contribution in [-0.2, 0) is 10.0 Å². The van der Waals surface area contributed by atoms with Crippen molar-refractivity contribution in [3.8, 4) is 5.75 Å². The van der Waals surface area contributed by atoms with Crippen LogP contribution in [0.3, 0.4) is 0 Å². The zero-order chi connectivity index (χ0) is 10.8. The largest absolute Gasteiger partial charge is 0.412 e. The molecule has 5 nitrogen and oxygen atoms in total. The third kappa shape index (κ3) is 2.03. The molecule has 6 heteroatoms. The minimum Gasteiger partial charge on any atom is -0.412 e. The van der Waals surface area contributed by atoms with Gasteiger partial charge >= 0.3 is 0 Å². The highest BCUT2D eigenvalue weighted by Gasteiger charge is 2.16. The molecule has 0 radical (unpaired) electrons. The van der Waals surface area contributed by atoms with E-state index in [4.69, 9.17) is 5.90 Å². The summed E-state index contributed by atoms with van der Waals surface area (Å²) >= 11 is 0. The molecule has 1 rings (SSSR count). The minimum absolute atomic E-state index is 0.211. The monoisotopic (exact) mass is 216 g/mol. The summed E-state index contributed by atoms with van der Waals surface area (Å²) in [6.45, 7) is 0. The van der Waals surface area contributed by atoms with Gasteiger partial charge in [0.2, 0.25) is 10.0 Å². The van der Waals surface area contributed by atoms with E-state index in [2.05, 4.69) is 4.84 Å². The summed E-state index contributed by atoms with van der Waals surface area (Å²) in [7, 11) is -0.415. The molecule has 0 spiro atoms. The number of nitrogens with two attached hydrogens (primary N) is 1. The molecule has 2 N–H and O–H groups in total. The van der Waals surface area contributed by atoms with Gasteiger partial charge in [-0.3, -0.25) is 0 Å². The fraction of sp³-hybridized carbons (Fsp3) is 0.250. The molecule has 0 saturated heterocycles. The molecule has 0 amide bonds. The van der Waals surface area contributed by atoms with E-state index < -0.39 is 10.0 Å². The van der Waals surface area contributed by atoms with Gasteiger partial charge in [0.15, 0.2) is 0 Å². The Morgan fingerprint density at radius 3 is 2.07 bits per heavy atom. The van der Waals surface area contributed by atoms with Gasteiger partial charge in [-0.1, -0.05) is 0 Å². The average molecular weight is 216 g/mol. The molecule has 78 valence electrons. The topological polar surface area (TPSA) is 72.6 Å². The lowest BCUT2D eigenvalue weighted by atomic mass is 10.3. The lowest BCUT2D eigenvalue weighted by Gasteiger charge is -2.11. The highest BCUT2D eigenvalue weighted by Crippen LogP contribution is 2.16. The van der Waals surface area contributed by atoms with E-state index in [0.29, 0.717) is 5.75 Å². The Morgan fingerprint density at radius 1 is 1.21 bits per heavy atom. The van der Waals surface area contributed by atoms with Gasteiger partial charge in [0.05, 0.1) is 4.90 Å². The van der Waals surface area contributed by atoms with Gasteiger partial charge in [-0.15, -0.1) is 0 Å². The highest BCUT2D eigenvalue weighted by atomic mass is 32.2. The molecule has 14 heavy (non-hydrogen) atoms. The van der Waals surface area contributed by atoms with Crippen molar-refractivity contribution in [1.82, 2.24) is 4.31 Å². The first-order chi connectivity index (χ1) is 6.48. The zero-order valence-electron chi connectivity index (χ0n) is 7.97. The molecule has 0 aliphatic heterocycles. The predicted octanol–water partition coefficient (Wildman–Crippen LogP) is 0.189. The van der Waals surface area contributed by atoms with E-state index in [1.54, 1.807) is 0 Å². The first kappa shape index (κ1) is 11.0. The van der Waals surface area contributed by atoms with E-state index in [1.807, 2.05) is 0 Å². The van der Waals surface area contributed by atoms with Crippen LogP contribution in [0.15, 0.2) is 29.2 Å². The van der Waals surface area contributed by atoms with Gasteiger partial charge in [-0.25, -0.2) is 12.7 Å². The van der Waals surface area contributed by atoms with Crippen molar-refractivity contribution in [3.63, 3.8) is 0 Å². The Hall–Kier alpha value is -1.11. The average Bonchev–Trinajstić information content (AvgIpc) is 2.17. The number of hydrogen-bond donors (Lipinski definition) is 1. The van der Waals surface area contributed by atoms with Crippen molar-refractivity contribution in [2.45, 2.75) is 4.90 Å². The molecule has 0 unspecified atom stereocenters. The fourth-order valence-corrected chi connectivity index (χ4v) is 1.80. The molecule has 1 aromatic carbocycles. The normalized spacial score (nSPS) is 11.7. The summed E-state index contributed by atoms with van der Waals surface area (Å²) in [4.78, 5) is 4.65. The predicted molar refractivity (Wildman–Crippen MR) is 52.1 cm³/mol. The maximum absolute atomic E-state index is 11.6. The second-order valence-corrected chi connectivity index (χ2v) is 5.03. The van der Waals surface area contributed by atoms with Gasteiger partial charge in [0.25, 0.3) is 0 Å². The van der Waals surface area contributed by atoms with Crippen molar-refractivity contribution in [1.29, 1.82) is 0 Å². The molecular weight excluding hydrogens is 204 g/mol. The van der Waals surface area contributed by atoms with Crippen LogP contribution in [-0.4, -0.2) is 26.8 Å². The molecule has 0 fully saturated rings. The van der Waals surface area contributed by atoms with Gasteiger partial charge in [0.1, 0.15) is 5.75 Å². The second kappa shape index (κ2) is 3.95. The van der Waals surface area contributed by atoms with Crippen LogP contribution in [0.2, 0.25) is 0 Å². The quantitative estimate of drug-likeness (QED) is 0.732. The first-order valence-electron chi connectivity index (χ1n) is 3.88. The van der Waals surface area contributed by atoms with E-state index in [-0.39, 0.29) is 4.90 Å². The molecular formula is C8H12N2O3S. The molecule has 0 heterocycles. The summed E-state index contributed by atoms with van der Waals surface area (Å²) in [5.41, 5.74) is 0. The lowest BCUT2D eigenvalue weighted by molar-refractivity contribution is 0.334. The highest BCUT2D eigenvalue weighted by molar-refractivity contribution is 7.89. The lowest BCUT2D eigenvalue weighted by Crippen LogP contribution is -2.22. The van der Waals surface area contributed by atoms with E-state index in [1.165, 1.54) is 38.4 Å². The third-order valence-corrected chi connectivity index (χ3v) is 3.57. The summed E-state index contributed by atoms with van der Waals surface area (Å²) in [5, 5.41) is 0. The number of rotatable bonds is 3.